The zero-order valence-corrected chi connectivity index (χ0v) is 14.2. The Kier molecular flexibility index (Phi) is 4.10. The Bertz CT molecular complexity index is 821. The third-order valence-corrected chi connectivity index (χ3v) is 4.31. The number of hydrogen-bond donors (Lipinski definition) is 2. The van der Waals surface area contributed by atoms with Crippen molar-refractivity contribution < 1.29 is 4.79 Å². The molecular formula is C15H21BN6O2. The fourth-order valence-electron chi connectivity index (χ4n) is 3.10. The van der Waals surface area contributed by atoms with Gasteiger partial charge >= 0.3 is 6.03 Å². The van der Waals surface area contributed by atoms with E-state index in [4.69, 9.17) is 7.98 Å². The molecule has 2 radical (unpaired) electrons. The number of nitrogens with one attached hydrogen (secondary N) is 2. The maximum atomic E-state index is 12.4. The summed E-state index contributed by atoms with van der Waals surface area (Å²) >= 11 is 0. The molecule has 1 fully saturated rings. The summed E-state index contributed by atoms with van der Waals surface area (Å²) in [7, 11) is 5.21. The molecule has 0 saturated carbocycles. The number of nitrogens with zero attached hydrogens (tertiary/aromatic N) is 4. The molecule has 1 aliphatic rings. The first-order valence-corrected chi connectivity index (χ1v) is 8.05. The summed E-state index contributed by atoms with van der Waals surface area (Å²) in [6.45, 7) is 7.15. The average Bonchev–Trinajstić information content (AvgIpc) is 2.99. The third kappa shape index (κ3) is 2.90. The van der Waals surface area contributed by atoms with Crippen molar-refractivity contribution in [3.05, 3.63) is 22.4 Å². The van der Waals surface area contributed by atoms with E-state index in [0.29, 0.717) is 29.9 Å². The van der Waals surface area contributed by atoms with Crippen molar-refractivity contribution in [2.75, 3.05) is 13.1 Å². The first-order chi connectivity index (χ1) is 11.3. The highest BCUT2D eigenvalue weighted by molar-refractivity contribution is 6.13. The number of hydrogen-bond acceptors (Lipinski definition) is 4. The second kappa shape index (κ2) is 5.96. The summed E-state index contributed by atoms with van der Waals surface area (Å²) in [6.07, 6.45) is 3.23. The van der Waals surface area contributed by atoms with Gasteiger partial charge in [0.2, 0.25) is 7.98 Å². The van der Waals surface area contributed by atoms with Gasteiger partial charge in [-0.15, -0.1) is 0 Å². The van der Waals surface area contributed by atoms with Crippen LogP contribution in [0.2, 0.25) is 0 Å². The van der Waals surface area contributed by atoms with E-state index in [2.05, 4.69) is 20.3 Å². The molecule has 8 nitrogen and oxygen atoms in total. The third-order valence-electron chi connectivity index (χ3n) is 4.31. The zero-order valence-electron chi connectivity index (χ0n) is 14.2. The van der Waals surface area contributed by atoms with Crippen LogP contribution in [0.4, 0.5) is 4.79 Å². The number of carbonyl (C=O) groups is 1. The molecule has 126 valence electrons. The summed E-state index contributed by atoms with van der Waals surface area (Å²) in [6, 6.07) is -0.317. The van der Waals surface area contributed by atoms with Crippen LogP contribution in [-0.2, 0) is 5.54 Å². The molecule has 0 aliphatic carbocycles. The monoisotopic (exact) mass is 328 g/mol. The van der Waals surface area contributed by atoms with Crippen LogP contribution in [0, 0.1) is 0 Å². The lowest BCUT2D eigenvalue weighted by molar-refractivity contribution is 0.184. The van der Waals surface area contributed by atoms with Gasteiger partial charge in [-0.3, -0.25) is 9.59 Å². The zero-order chi connectivity index (χ0) is 17.5. The maximum absolute atomic E-state index is 12.4. The van der Waals surface area contributed by atoms with Crippen LogP contribution in [0.25, 0.3) is 11.0 Å². The van der Waals surface area contributed by atoms with Crippen molar-refractivity contribution in [1.82, 2.24) is 29.9 Å². The normalized spacial score (nSPS) is 18.8. The van der Waals surface area contributed by atoms with Crippen molar-refractivity contribution in [2.24, 2.45) is 0 Å². The van der Waals surface area contributed by atoms with E-state index in [1.807, 2.05) is 20.8 Å². The molecule has 2 aromatic rings. The molecule has 9 heteroatoms. The topological polar surface area (TPSA) is 95.9 Å². The predicted molar refractivity (Wildman–Crippen MR) is 91.0 cm³/mol. The summed E-state index contributed by atoms with van der Waals surface area (Å²) in [4.78, 5) is 33.3. The van der Waals surface area contributed by atoms with Crippen molar-refractivity contribution in [1.29, 1.82) is 0 Å². The van der Waals surface area contributed by atoms with E-state index < -0.39 is 0 Å². The van der Waals surface area contributed by atoms with E-state index in [1.54, 1.807) is 15.8 Å². The molecule has 0 aromatic carbocycles. The highest BCUT2D eigenvalue weighted by Gasteiger charge is 2.27. The Morgan fingerprint density at radius 2 is 2.21 bits per heavy atom. The van der Waals surface area contributed by atoms with Gasteiger partial charge < -0.3 is 15.1 Å². The van der Waals surface area contributed by atoms with Crippen LogP contribution >= 0.6 is 0 Å². The maximum Gasteiger partial charge on any atom is 0.304 e. The minimum atomic E-state index is -0.317. The first-order valence-electron chi connectivity index (χ1n) is 8.05. The van der Waals surface area contributed by atoms with Gasteiger partial charge in [0.25, 0.3) is 5.56 Å². The molecule has 24 heavy (non-hydrogen) atoms. The molecule has 0 spiro atoms. The van der Waals surface area contributed by atoms with Gasteiger partial charge in [0.05, 0.1) is 11.7 Å². The predicted octanol–water partition coefficient (Wildman–Crippen LogP) is 0.847. The van der Waals surface area contributed by atoms with Gasteiger partial charge in [-0.05, 0) is 33.6 Å². The van der Waals surface area contributed by atoms with E-state index >= 15 is 0 Å². The fraction of sp³-hybridized carbons (Fsp3) is 0.600. The SMILES string of the molecule is [B]NC(=O)N1CCCC(c2nc3c(cnn3C(C)(C)C)c(=O)[nH]2)C1. The van der Waals surface area contributed by atoms with Crippen LogP contribution in [0.3, 0.4) is 0 Å². The number of rotatable bonds is 1. The number of aromatic nitrogens is 4. The number of urea groups is 1. The van der Waals surface area contributed by atoms with Gasteiger partial charge in [0.1, 0.15) is 11.2 Å². The van der Waals surface area contributed by atoms with Crippen molar-refractivity contribution >= 4 is 25.0 Å². The van der Waals surface area contributed by atoms with Gasteiger partial charge in [-0.2, -0.15) is 5.10 Å². The minimum Gasteiger partial charge on any atom is -0.391 e. The lowest BCUT2D eigenvalue weighted by atomic mass is 9.97. The molecule has 1 saturated heterocycles. The summed E-state index contributed by atoms with van der Waals surface area (Å²) in [5.41, 5.74) is 0.0882. The highest BCUT2D eigenvalue weighted by Crippen LogP contribution is 2.25. The Labute approximate surface area is 141 Å². The van der Waals surface area contributed by atoms with Crippen LogP contribution in [0.15, 0.2) is 11.0 Å². The van der Waals surface area contributed by atoms with Crippen LogP contribution in [-0.4, -0.2) is 51.8 Å². The van der Waals surface area contributed by atoms with E-state index in [1.165, 1.54) is 0 Å². The number of carbonyl (C=O) groups excluding carboxylic acids is 1. The number of amides is 2. The molecule has 3 heterocycles. The Balaban J connectivity index is 2.01. The number of H-pyrrole nitrogens is 1. The second-order valence-electron chi connectivity index (χ2n) is 7.15. The Morgan fingerprint density at radius 1 is 1.46 bits per heavy atom. The van der Waals surface area contributed by atoms with Crippen LogP contribution < -0.4 is 10.8 Å². The molecule has 1 atom stereocenters. The molecule has 3 rings (SSSR count). The van der Waals surface area contributed by atoms with Crippen molar-refractivity contribution in [3.63, 3.8) is 0 Å². The summed E-state index contributed by atoms with van der Waals surface area (Å²) in [5, 5.41) is 6.94. The van der Waals surface area contributed by atoms with Crippen molar-refractivity contribution in [2.45, 2.75) is 45.1 Å². The Morgan fingerprint density at radius 3 is 2.88 bits per heavy atom. The largest absolute Gasteiger partial charge is 0.391 e. The molecule has 1 unspecified atom stereocenters. The van der Waals surface area contributed by atoms with Crippen LogP contribution in [0.5, 0.6) is 0 Å². The second-order valence-corrected chi connectivity index (χ2v) is 7.15. The lowest BCUT2D eigenvalue weighted by Crippen LogP contribution is -2.44. The van der Waals surface area contributed by atoms with Gasteiger partial charge in [0.15, 0.2) is 5.65 Å². The standard InChI is InChI=1S/C15H21BN6O2/c1-15(2,3)22-12-10(7-17-22)13(23)19-11(18-12)9-5-4-6-21(8-9)14(24)20-16/h7,9H,4-6,8H2,1-3H3,(H,20,24)(H,18,19,23). The van der Waals surface area contributed by atoms with Gasteiger partial charge in [0, 0.05) is 19.0 Å². The molecule has 2 aromatic heterocycles. The molecule has 2 N–H and O–H groups in total. The number of fused-ring (bicyclic) bond motifs is 1. The van der Waals surface area contributed by atoms with E-state index in [9.17, 15) is 9.59 Å². The fourth-order valence-corrected chi connectivity index (χ4v) is 3.10. The van der Waals surface area contributed by atoms with Crippen molar-refractivity contribution in [3.8, 4) is 0 Å². The smallest absolute Gasteiger partial charge is 0.304 e. The Hall–Kier alpha value is -2.32. The molecule has 0 bridgehead atoms. The quantitative estimate of drug-likeness (QED) is 0.759. The minimum absolute atomic E-state index is 0.0310. The lowest BCUT2D eigenvalue weighted by Gasteiger charge is -2.32. The summed E-state index contributed by atoms with van der Waals surface area (Å²) in [5.74, 6) is 0.560. The van der Waals surface area contributed by atoms with E-state index in [0.717, 1.165) is 12.8 Å². The van der Waals surface area contributed by atoms with Gasteiger partial charge in [-0.25, -0.2) is 9.67 Å². The molecule has 1 aliphatic heterocycles. The number of piperidine rings is 1. The number of likely N-dealkylation sites (tertiary alicyclic amines) is 1. The van der Waals surface area contributed by atoms with Gasteiger partial charge in [-0.1, -0.05) is 0 Å². The first kappa shape index (κ1) is 16.5. The van der Waals surface area contributed by atoms with Crippen LogP contribution in [0.1, 0.15) is 45.4 Å². The molecule has 2 amide bonds. The average molecular weight is 328 g/mol. The summed E-state index contributed by atoms with van der Waals surface area (Å²) < 4.78 is 1.76. The molecular weight excluding hydrogens is 307 g/mol. The highest BCUT2D eigenvalue weighted by atomic mass is 16.2. The number of aromatic amines is 1. The van der Waals surface area contributed by atoms with E-state index in [-0.39, 0.29) is 23.0 Å².